The molecule has 0 spiro atoms. The minimum absolute atomic E-state index is 0.0350. The van der Waals surface area contributed by atoms with Crippen LogP contribution in [0, 0.1) is 0 Å². The highest BCUT2D eigenvalue weighted by Gasteiger charge is 2.17. The number of rotatable bonds is 7. The van der Waals surface area contributed by atoms with Crippen LogP contribution in [0.25, 0.3) is 0 Å². The number of sulfonamides is 1. The van der Waals surface area contributed by atoms with Crippen LogP contribution in [0.4, 0.5) is 4.79 Å². The normalized spacial score (nSPS) is 11.7. The van der Waals surface area contributed by atoms with Crippen molar-refractivity contribution in [2.24, 2.45) is 0 Å². The largest absolute Gasteiger partial charge is 0.337 e. The van der Waals surface area contributed by atoms with Gasteiger partial charge in [0.15, 0.2) is 0 Å². The molecule has 0 saturated carbocycles. The van der Waals surface area contributed by atoms with Crippen molar-refractivity contribution < 1.29 is 13.2 Å². The minimum Gasteiger partial charge on any atom is -0.337 e. The molecule has 0 atom stereocenters. The Bertz CT molecular complexity index is 546. The quantitative estimate of drug-likeness (QED) is 0.769. The molecule has 21 heavy (non-hydrogen) atoms. The van der Waals surface area contributed by atoms with Gasteiger partial charge in [-0.15, -0.1) is 0 Å². The van der Waals surface area contributed by atoms with Gasteiger partial charge >= 0.3 is 6.03 Å². The summed E-state index contributed by atoms with van der Waals surface area (Å²) in [6.07, 6.45) is 4.39. The van der Waals surface area contributed by atoms with Gasteiger partial charge in [0.05, 0.1) is 6.26 Å². The van der Waals surface area contributed by atoms with E-state index in [2.05, 4.69) is 15.6 Å². The average Bonchev–Trinajstić information content (AvgIpc) is 2.36. The maximum Gasteiger partial charge on any atom is 0.315 e. The van der Waals surface area contributed by atoms with E-state index in [0.717, 1.165) is 11.8 Å². The van der Waals surface area contributed by atoms with Gasteiger partial charge in [0.2, 0.25) is 10.0 Å². The number of nitrogens with one attached hydrogen (secondary N) is 2. The Morgan fingerprint density at radius 1 is 1.33 bits per heavy atom. The first kappa shape index (κ1) is 17.4. The Hall–Kier alpha value is -1.67. The third-order valence-electron chi connectivity index (χ3n) is 2.64. The third kappa shape index (κ3) is 7.05. The molecule has 2 amide bonds. The van der Waals surface area contributed by atoms with E-state index in [1.54, 1.807) is 24.5 Å². The Balaban J connectivity index is 2.54. The van der Waals surface area contributed by atoms with E-state index in [0.29, 0.717) is 0 Å². The van der Waals surface area contributed by atoms with Gasteiger partial charge in [0.25, 0.3) is 0 Å². The molecule has 0 unspecified atom stereocenters. The summed E-state index contributed by atoms with van der Waals surface area (Å²) in [5.41, 5.74) is 0.849. The number of hydrogen-bond acceptors (Lipinski definition) is 4. The second-order valence-electron chi connectivity index (χ2n) is 5.01. The van der Waals surface area contributed by atoms with Crippen molar-refractivity contribution in [1.29, 1.82) is 0 Å². The highest BCUT2D eigenvalue weighted by atomic mass is 32.2. The van der Waals surface area contributed by atoms with Crippen molar-refractivity contribution >= 4 is 16.1 Å². The summed E-state index contributed by atoms with van der Waals surface area (Å²) < 4.78 is 24.9. The topological polar surface area (TPSA) is 91.4 Å². The molecule has 1 aromatic heterocycles. The fourth-order valence-corrected chi connectivity index (χ4v) is 2.47. The van der Waals surface area contributed by atoms with Crippen LogP contribution in [0.5, 0.6) is 0 Å². The summed E-state index contributed by atoms with van der Waals surface area (Å²) >= 11 is 0. The summed E-state index contributed by atoms with van der Waals surface area (Å²) in [7, 11) is -3.34. The smallest absolute Gasteiger partial charge is 0.315 e. The molecule has 0 aliphatic carbocycles. The van der Waals surface area contributed by atoms with Crippen LogP contribution in [0.1, 0.15) is 19.4 Å². The van der Waals surface area contributed by atoms with Crippen LogP contribution in [0.15, 0.2) is 24.5 Å². The Kier molecular flexibility index (Phi) is 6.57. The fraction of sp³-hybridized carbons (Fsp3) is 0.538. The molecule has 1 heterocycles. The summed E-state index contributed by atoms with van der Waals surface area (Å²) in [6.45, 7) is 4.43. The van der Waals surface area contributed by atoms with E-state index in [-0.39, 0.29) is 31.7 Å². The lowest BCUT2D eigenvalue weighted by atomic mass is 10.3. The number of amides is 2. The van der Waals surface area contributed by atoms with Crippen LogP contribution in [0.2, 0.25) is 0 Å². The number of carbonyl (C=O) groups is 1. The molecule has 0 bridgehead atoms. The number of pyridine rings is 1. The fourth-order valence-electron chi connectivity index (χ4n) is 1.66. The van der Waals surface area contributed by atoms with Crippen LogP contribution in [-0.2, 0) is 16.6 Å². The lowest BCUT2D eigenvalue weighted by Gasteiger charge is -2.20. The van der Waals surface area contributed by atoms with Gasteiger partial charge in [-0.3, -0.25) is 4.98 Å². The number of urea groups is 1. The molecule has 0 aliphatic heterocycles. The molecule has 0 radical (unpaired) electrons. The maximum atomic E-state index is 11.8. The second-order valence-corrected chi connectivity index (χ2v) is 6.99. The van der Waals surface area contributed by atoms with Gasteiger partial charge in [-0.05, 0) is 31.5 Å². The highest BCUT2D eigenvalue weighted by Crippen LogP contribution is 2.06. The lowest BCUT2D eigenvalue weighted by molar-refractivity contribution is 0.237. The molecule has 118 valence electrons. The van der Waals surface area contributed by atoms with Crippen LogP contribution in [-0.4, -0.2) is 49.1 Å². The Labute approximate surface area is 125 Å². The van der Waals surface area contributed by atoms with E-state index < -0.39 is 10.0 Å². The predicted octanol–water partition coefficient (Wildman–Crippen LogP) is 0.551. The van der Waals surface area contributed by atoms with Gasteiger partial charge in [0, 0.05) is 38.1 Å². The SMILES string of the molecule is CC(C)NC(=O)NCCN(Cc1ccncc1)S(C)(=O)=O. The average molecular weight is 314 g/mol. The van der Waals surface area contributed by atoms with Crippen LogP contribution in [0.3, 0.4) is 0 Å². The molecular weight excluding hydrogens is 292 g/mol. The minimum atomic E-state index is -3.34. The van der Waals surface area contributed by atoms with Crippen molar-refractivity contribution in [1.82, 2.24) is 19.9 Å². The lowest BCUT2D eigenvalue weighted by Crippen LogP contribution is -2.43. The second kappa shape index (κ2) is 7.94. The molecule has 2 N–H and O–H groups in total. The van der Waals surface area contributed by atoms with Gasteiger partial charge in [-0.1, -0.05) is 0 Å². The van der Waals surface area contributed by atoms with Crippen LogP contribution >= 0.6 is 0 Å². The summed E-state index contributed by atoms with van der Waals surface area (Å²) in [5, 5.41) is 5.31. The van der Waals surface area contributed by atoms with E-state index in [9.17, 15) is 13.2 Å². The van der Waals surface area contributed by atoms with Crippen molar-refractivity contribution in [3.63, 3.8) is 0 Å². The molecule has 1 rings (SSSR count). The maximum absolute atomic E-state index is 11.8. The van der Waals surface area contributed by atoms with Crippen molar-refractivity contribution in [3.05, 3.63) is 30.1 Å². The zero-order valence-electron chi connectivity index (χ0n) is 12.5. The molecule has 8 heteroatoms. The van der Waals surface area contributed by atoms with Crippen LogP contribution < -0.4 is 10.6 Å². The molecule has 0 saturated heterocycles. The van der Waals surface area contributed by atoms with Gasteiger partial charge < -0.3 is 10.6 Å². The molecule has 0 aromatic carbocycles. The summed E-state index contributed by atoms with van der Waals surface area (Å²) in [6, 6.07) is 3.25. The van der Waals surface area contributed by atoms with E-state index in [1.807, 2.05) is 13.8 Å². The molecule has 0 fully saturated rings. The number of aromatic nitrogens is 1. The van der Waals surface area contributed by atoms with Crippen molar-refractivity contribution in [2.45, 2.75) is 26.4 Å². The van der Waals surface area contributed by atoms with E-state index in [4.69, 9.17) is 0 Å². The highest BCUT2D eigenvalue weighted by molar-refractivity contribution is 7.88. The Morgan fingerprint density at radius 2 is 1.95 bits per heavy atom. The standard InChI is InChI=1S/C13H22N4O3S/c1-11(2)16-13(18)15-8-9-17(21(3,19)20)10-12-4-6-14-7-5-12/h4-7,11H,8-10H2,1-3H3,(H2,15,16,18). The first-order chi connectivity index (χ1) is 9.79. The zero-order chi connectivity index (χ0) is 15.9. The molecule has 7 nitrogen and oxygen atoms in total. The van der Waals surface area contributed by atoms with E-state index >= 15 is 0 Å². The zero-order valence-corrected chi connectivity index (χ0v) is 13.4. The number of nitrogens with zero attached hydrogens (tertiary/aromatic N) is 2. The van der Waals surface area contributed by atoms with Gasteiger partial charge in [0.1, 0.15) is 0 Å². The number of hydrogen-bond donors (Lipinski definition) is 2. The van der Waals surface area contributed by atoms with Crippen molar-refractivity contribution in [3.8, 4) is 0 Å². The predicted molar refractivity (Wildman–Crippen MR) is 81.2 cm³/mol. The summed E-state index contributed by atoms with van der Waals surface area (Å²) in [5.74, 6) is 0. The third-order valence-corrected chi connectivity index (χ3v) is 3.89. The molecule has 0 aliphatic rings. The van der Waals surface area contributed by atoms with Gasteiger partial charge in [-0.25, -0.2) is 13.2 Å². The Morgan fingerprint density at radius 3 is 2.48 bits per heavy atom. The van der Waals surface area contributed by atoms with E-state index in [1.165, 1.54) is 4.31 Å². The molecular formula is C13H22N4O3S. The first-order valence-electron chi connectivity index (χ1n) is 6.67. The summed E-state index contributed by atoms with van der Waals surface area (Å²) in [4.78, 5) is 15.3. The molecule has 1 aromatic rings. The monoisotopic (exact) mass is 314 g/mol. The van der Waals surface area contributed by atoms with Gasteiger partial charge in [-0.2, -0.15) is 4.31 Å². The van der Waals surface area contributed by atoms with Crippen molar-refractivity contribution in [2.75, 3.05) is 19.3 Å². The first-order valence-corrected chi connectivity index (χ1v) is 8.52. The number of carbonyl (C=O) groups excluding carboxylic acids is 1.